The van der Waals surface area contributed by atoms with E-state index in [4.69, 9.17) is 11.6 Å². The van der Waals surface area contributed by atoms with Crippen molar-refractivity contribution in [3.8, 4) is 0 Å². The number of halogens is 5. The first-order valence-electron chi connectivity index (χ1n) is 7.75. The fourth-order valence-corrected chi connectivity index (χ4v) is 3.13. The minimum absolute atomic E-state index is 0.0508. The highest BCUT2D eigenvalue weighted by atomic mass is 79.9. The van der Waals surface area contributed by atoms with Gasteiger partial charge in [-0.05, 0) is 35.8 Å². The van der Waals surface area contributed by atoms with Crippen LogP contribution in [0.15, 0.2) is 16.7 Å². The van der Waals surface area contributed by atoms with Crippen LogP contribution in [0.1, 0.15) is 34.5 Å². The molecule has 0 aliphatic rings. The molecule has 27 heavy (non-hydrogen) atoms. The Balaban J connectivity index is 1.93. The van der Waals surface area contributed by atoms with E-state index < -0.39 is 17.8 Å². The van der Waals surface area contributed by atoms with Gasteiger partial charge in [-0.25, -0.2) is 9.50 Å². The molecule has 0 bridgehead atoms. The van der Waals surface area contributed by atoms with Crippen molar-refractivity contribution in [2.24, 2.45) is 0 Å². The number of aromatic nitrogens is 5. The number of carbonyl (C=O) groups is 1. The summed E-state index contributed by atoms with van der Waals surface area (Å²) >= 11 is 9.41. The number of alkyl halides is 3. The van der Waals surface area contributed by atoms with Gasteiger partial charge in [0, 0.05) is 18.4 Å². The molecule has 0 saturated heterocycles. The summed E-state index contributed by atoms with van der Waals surface area (Å²) in [5, 5.41) is 10.3. The molecule has 7 nitrogen and oxygen atoms in total. The highest BCUT2D eigenvalue weighted by Gasteiger charge is 2.36. The smallest absolute Gasteiger partial charge is 0.345 e. The van der Waals surface area contributed by atoms with Gasteiger partial charge in [-0.3, -0.25) is 9.48 Å². The van der Waals surface area contributed by atoms with Crippen LogP contribution in [0.25, 0.3) is 5.65 Å². The van der Waals surface area contributed by atoms with Gasteiger partial charge in [-0.1, -0.05) is 11.6 Å². The molecule has 0 aliphatic heterocycles. The topological polar surface area (TPSA) is 77.1 Å². The van der Waals surface area contributed by atoms with E-state index in [9.17, 15) is 18.0 Å². The molecule has 0 fully saturated rings. The van der Waals surface area contributed by atoms with Crippen molar-refractivity contribution in [2.45, 2.75) is 33.1 Å². The highest BCUT2D eigenvalue weighted by molar-refractivity contribution is 9.10. The number of rotatable bonds is 4. The first-order chi connectivity index (χ1) is 12.6. The molecule has 0 aromatic carbocycles. The van der Waals surface area contributed by atoms with E-state index in [1.54, 1.807) is 10.9 Å². The van der Waals surface area contributed by atoms with E-state index in [-0.39, 0.29) is 28.6 Å². The molecule has 0 unspecified atom stereocenters. The number of hydrogen-bond acceptors (Lipinski definition) is 4. The number of hydrogen-bond donors (Lipinski definition) is 1. The highest BCUT2D eigenvalue weighted by Crippen LogP contribution is 2.32. The van der Waals surface area contributed by atoms with E-state index in [1.807, 2.05) is 6.92 Å². The lowest BCUT2D eigenvalue weighted by molar-refractivity contribution is -0.142. The van der Waals surface area contributed by atoms with Crippen LogP contribution in [0.3, 0.4) is 0 Å². The zero-order valence-corrected chi connectivity index (χ0v) is 16.4. The average Bonchev–Trinajstić information content (AvgIpc) is 3.11. The van der Waals surface area contributed by atoms with Crippen LogP contribution in [0.4, 0.5) is 13.2 Å². The molecule has 3 aromatic rings. The summed E-state index contributed by atoms with van der Waals surface area (Å²) in [6.45, 7) is 4.01. The van der Waals surface area contributed by atoms with Crippen LogP contribution in [0.2, 0.25) is 5.02 Å². The van der Waals surface area contributed by atoms with E-state index in [1.165, 1.54) is 6.92 Å². The SMILES string of the molecule is CCn1cc(Br)c(CNC(=O)c2nn3c(C(F)(F)F)cc(C)nc3c2Cl)n1. The number of nitrogens with one attached hydrogen (secondary N) is 1. The van der Waals surface area contributed by atoms with Crippen LogP contribution in [-0.2, 0) is 19.3 Å². The number of fused-ring (bicyclic) bond motifs is 1. The monoisotopic (exact) mass is 464 g/mol. The third-order valence-corrected chi connectivity index (χ3v) is 4.70. The van der Waals surface area contributed by atoms with Gasteiger partial charge in [0.2, 0.25) is 0 Å². The molecule has 1 N–H and O–H groups in total. The Labute approximate surface area is 164 Å². The lowest BCUT2D eigenvalue weighted by atomic mass is 10.3. The average molecular weight is 466 g/mol. The Morgan fingerprint density at radius 3 is 2.67 bits per heavy atom. The molecule has 3 heterocycles. The minimum Gasteiger partial charge on any atom is -0.345 e. The van der Waals surface area contributed by atoms with Crippen LogP contribution in [-0.4, -0.2) is 30.3 Å². The maximum atomic E-state index is 13.2. The zero-order valence-electron chi connectivity index (χ0n) is 14.1. The van der Waals surface area contributed by atoms with Crippen LogP contribution in [0.5, 0.6) is 0 Å². The van der Waals surface area contributed by atoms with Gasteiger partial charge >= 0.3 is 6.18 Å². The Kier molecular flexibility index (Phi) is 5.17. The standard InChI is InChI=1S/C15H13BrClF3N6O/c1-3-25-6-8(16)9(23-25)5-21-14(27)12-11(17)13-22-7(2)4-10(15(18,19)20)26(13)24-12/h4,6H,3,5H2,1-2H3,(H,21,27). The maximum Gasteiger partial charge on any atom is 0.433 e. The molecular weight excluding hydrogens is 453 g/mol. The van der Waals surface area contributed by atoms with Crippen LogP contribution in [0, 0.1) is 6.92 Å². The predicted octanol–water partition coefficient (Wildman–Crippen LogP) is 3.62. The fraction of sp³-hybridized carbons (Fsp3) is 0.333. The third-order valence-electron chi connectivity index (χ3n) is 3.69. The normalized spacial score (nSPS) is 12.0. The summed E-state index contributed by atoms with van der Waals surface area (Å²) in [7, 11) is 0. The van der Waals surface area contributed by atoms with E-state index in [0.29, 0.717) is 21.2 Å². The summed E-state index contributed by atoms with van der Waals surface area (Å²) < 4.78 is 42.6. The Hall–Kier alpha value is -2.14. The second-order valence-corrected chi connectivity index (χ2v) is 6.87. The molecule has 0 saturated carbocycles. The quantitative estimate of drug-likeness (QED) is 0.638. The van der Waals surface area contributed by atoms with Gasteiger partial charge in [0.1, 0.15) is 10.7 Å². The summed E-state index contributed by atoms with van der Waals surface area (Å²) in [5.41, 5.74) is -0.958. The zero-order chi connectivity index (χ0) is 19.9. The number of carbonyl (C=O) groups excluding carboxylic acids is 1. The van der Waals surface area contributed by atoms with Crippen molar-refractivity contribution < 1.29 is 18.0 Å². The first-order valence-corrected chi connectivity index (χ1v) is 8.92. The van der Waals surface area contributed by atoms with E-state index in [0.717, 1.165) is 6.07 Å². The molecule has 0 atom stereocenters. The van der Waals surface area contributed by atoms with Gasteiger partial charge in [-0.15, -0.1) is 0 Å². The fourth-order valence-electron chi connectivity index (χ4n) is 2.43. The Morgan fingerprint density at radius 2 is 2.07 bits per heavy atom. The number of aryl methyl sites for hydroxylation is 2. The molecule has 1 amide bonds. The van der Waals surface area contributed by atoms with Gasteiger partial charge < -0.3 is 5.32 Å². The minimum atomic E-state index is -4.67. The van der Waals surface area contributed by atoms with Crippen LogP contribution >= 0.6 is 27.5 Å². The molecule has 0 aliphatic carbocycles. The van der Waals surface area contributed by atoms with Gasteiger partial charge in [0.15, 0.2) is 11.3 Å². The van der Waals surface area contributed by atoms with Crippen LogP contribution < -0.4 is 5.32 Å². The molecule has 3 aromatic heterocycles. The Morgan fingerprint density at radius 1 is 1.37 bits per heavy atom. The number of nitrogens with zero attached hydrogens (tertiary/aromatic N) is 5. The van der Waals surface area contributed by atoms with Gasteiger partial charge in [-0.2, -0.15) is 23.4 Å². The summed E-state index contributed by atoms with van der Waals surface area (Å²) in [6, 6.07) is 0.840. The molecule has 12 heteroatoms. The summed E-state index contributed by atoms with van der Waals surface area (Å²) in [4.78, 5) is 16.4. The molecule has 3 rings (SSSR count). The van der Waals surface area contributed by atoms with Gasteiger partial charge in [0.25, 0.3) is 5.91 Å². The number of amides is 1. The van der Waals surface area contributed by atoms with Crippen molar-refractivity contribution in [1.82, 2.24) is 29.7 Å². The van der Waals surface area contributed by atoms with E-state index in [2.05, 4.69) is 36.4 Å². The van der Waals surface area contributed by atoms with Gasteiger partial charge in [0.05, 0.1) is 16.7 Å². The lowest BCUT2D eigenvalue weighted by Gasteiger charge is -2.09. The molecule has 0 radical (unpaired) electrons. The van der Waals surface area contributed by atoms with E-state index >= 15 is 0 Å². The predicted molar refractivity (Wildman–Crippen MR) is 94.5 cm³/mol. The molecule has 144 valence electrons. The lowest BCUT2D eigenvalue weighted by Crippen LogP contribution is -2.24. The molecule has 0 spiro atoms. The largest absolute Gasteiger partial charge is 0.433 e. The molecular formula is C15H13BrClF3N6O. The van der Waals surface area contributed by atoms with Crippen molar-refractivity contribution in [3.63, 3.8) is 0 Å². The summed E-state index contributed by atoms with van der Waals surface area (Å²) in [6.07, 6.45) is -2.92. The van der Waals surface area contributed by atoms with Crippen molar-refractivity contribution in [1.29, 1.82) is 0 Å². The second-order valence-electron chi connectivity index (χ2n) is 5.64. The van der Waals surface area contributed by atoms with Crippen molar-refractivity contribution in [3.05, 3.63) is 44.5 Å². The summed E-state index contributed by atoms with van der Waals surface area (Å²) in [5.74, 6) is -0.728. The van der Waals surface area contributed by atoms with Crippen molar-refractivity contribution in [2.75, 3.05) is 0 Å². The van der Waals surface area contributed by atoms with Crippen molar-refractivity contribution >= 4 is 39.1 Å². The Bertz CT molecular complexity index is 1030. The second kappa shape index (κ2) is 7.12. The first kappa shape index (κ1) is 19.6. The third kappa shape index (κ3) is 3.79. The maximum absolute atomic E-state index is 13.2.